The molecule has 112 valence electrons. The van der Waals surface area contributed by atoms with E-state index in [0.717, 1.165) is 6.54 Å². The van der Waals surface area contributed by atoms with E-state index in [1.807, 2.05) is 19.0 Å². The van der Waals surface area contributed by atoms with Gasteiger partial charge in [0.05, 0.1) is 17.2 Å². The first-order valence-electron chi connectivity index (χ1n) is 6.25. The summed E-state index contributed by atoms with van der Waals surface area (Å²) in [4.78, 5) is 14.2. The van der Waals surface area contributed by atoms with Gasteiger partial charge in [0.1, 0.15) is 5.54 Å². The minimum atomic E-state index is -1.03. The van der Waals surface area contributed by atoms with E-state index in [4.69, 9.17) is 27.9 Å². The van der Waals surface area contributed by atoms with Crippen molar-refractivity contribution in [2.24, 2.45) is 0 Å². The maximum Gasteiger partial charge on any atom is 0.330 e. The second-order valence-electron chi connectivity index (χ2n) is 4.95. The predicted octanol–water partition coefficient (Wildman–Crippen LogP) is 2.53. The third kappa shape index (κ3) is 3.85. The fraction of sp³-hybridized carbons (Fsp3) is 0.500. The smallest absolute Gasteiger partial charge is 0.330 e. The molecule has 0 heterocycles. The molecule has 0 fully saturated rings. The van der Waals surface area contributed by atoms with Crippen LogP contribution in [-0.2, 0) is 15.1 Å². The van der Waals surface area contributed by atoms with E-state index in [0.29, 0.717) is 22.2 Å². The largest absolute Gasteiger partial charge is 0.467 e. The fourth-order valence-corrected chi connectivity index (χ4v) is 2.39. The highest BCUT2D eigenvalue weighted by atomic mass is 35.5. The molecule has 1 unspecified atom stereocenters. The van der Waals surface area contributed by atoms with Gasteiger partial charge >= 0.3 is 5.97 Å². The van der Waals surface area contributed by atoms with Gasteiger partial charge in [0, 0.05) is 18.7 Å². The van der Waals surface area contributed by atoms with Crippen molar-refractivity contribution in [1.82, 2.24) is 10.2 Å². The molecule has 0 radical (unpaired) electrons. The lowest BCUT2D eigenvalue weighted by Crippen LogP contribution is -2.49. The van der Waals surface area contributed by atoms with Gasteiger partial charge in [-0.3, -0.25) is 5.32 Å². The van der Waals surface area contributed by atoms with E-state index in [9.17, 15) is 4.79 Å². The summed E-state index contributed by atoms with van der Waals surface area (Å²) >= 11 is 12.3. The Hall–Kier alpha value is -0.810. The van der Waals surface area contributed by atoms with Crippen molar-refractivity contribution in [2.45, 2.75) is 12.5 Å². The molecule has 1 N–H and O–H groups in total. The zero-order valence-electron chi connectivity index (χ0n) is 12.2. The van der Waals surface area contributed by atoms with Crippen LogP contribution in [0.2, 0.25) is 10.0 Å². The molecule has 0 aliphatic rings. The normalized spacial score (nSPS) is 14.2. The van der Waals surface area contributed by atoms with Gasteiger partial charge in [-0.05, 0) is 27.1 Å². The van der Waals surface area contributed by atoms with E-state index < -0.39 is 11.5 Å². The number of nitrogens with one attached hydrogen (secondary N) is 1. The molecule has 0 saturated heterocycles. The first kappa shape index (κ1) is 17.2. The number of esters is 1. The summed E-state index contributed by atoms with van der Waals surface area (Å²) in [7, 11) is 5.28. The monoisotopic (exact) mass is 318 g/mol. The quantitative estimate of drug-likeness (QED) is 0.818. The van der Waals surface area contributed by atoms with Gasteiger partial charge in [-0.25, -0.2) is 4.79 Å². The van der Waals surface area contributed by atoms with Crippen LogP contribution in [0, 0.1) is 0 Å². The Kier molecular flexibility index (Phi) is 6.27. The molecule has 1 rings (SSSR count). The number of hydrogen-bond acceptors (Lipinski definition) is 4. The topological polar surface area (TPSA) is 41.6 Å². The van der Waals surface area contributed by atoms with Crippen molar-refractivity contribution in [3.8, 4) is 0 Å². The minimum Gasteiger partial charge on any atom is -0.467 e. The number of carbonyl (C=O) groups excluding carboxylic acids is 1. The number of halogens is 2. The molecular formula is C14H20Cl2N2O2. The molecule has 1 aromatic rings. The van der Waals surface area contributed by atoms with E-state index in [2.05, 4.69) is 5.32 Å². The summed E-state index contributed by atoms with van der Waals surface area (Å²) < 4.78 is 4.91. The molecule has 0 spiro atoms. The number of nitrogens with zero attached hydrogens (tertiary/aromatic N) is 1. The van der Waals surface area contributed by atoms with E-state index in [1.54, 1.807) is 25.1 Å². The molecule has 4 nitrogen and oxygen atoms in total. The molecule has 20 heavy (non-hydrogen) atoms. The molecule has 1 aromatic carbocycles. The van der Waals surface area contributed by atoms with E-state index in [-0.39, 0.29) is 0 Å². The number of ether oxygens (including phenoxy) is 1. The summed E-state index contributed by atoms with van der Waals surface area (Å²) in [6.07, 6.45) is 0. The van der Waals surface area contributed by atoms with Crippen LogP contribution in [0.15, 0.2) is 18.2 Å². The van der Waals surface area contributed by atoms with Gasteiger partial charge in [-0.1, -0.05) is 35.3 Å². The maximum absolute atomic E-state index is 12.2. The Morgan fingerprint density at radius 1 is 1.40 bits per heavy atom. The van der Waals surface area contributed by atoms with Crippen molar-refractivity contribution in [3.05, 3.63) is 33.8 Å². The van der Waals surface area contributed by atoms with Gasteiger partial charge in [0.2, 0.25) is 0 Å². The second-order valence-corrected chi connectivity index (χ2v) is 5.73. The molecule has 0 aliphatic heterocycles. The Bertz CT molecular complexity index is 480. The number of hydrogen-bond donors (Lipinski definition) is 1. The summed E-state index contributed by atoms with van der Waals surface area (Å²) in [6, 6.07) is 5.22. The van der Waals surface area contributed by atoms with Crippen molar-refractivity contribution < 1.29 is 9.53 Å². The van der Waals surface area contributed by atoms with Gasteiger partial charge in [-0.2, -0.15) is 0 Å². The average Bonchev–Trinajstić information content (AvgIpc) is 2.40. The zero-order valence-corrected chi connectivity index (χ0v) is 13.7. The highest BCUT2D eigenvalue weighted by Gasteiger charge is 2.38. The third-order valence-corrected chi connectivity index (χ3v) is 3.94. The van der Waals surface area contributed by atoms with E-state index in [1.165, 1.54) is 7.11 Å². The lowest BCUT2D eigenvalue weighted by Gasteiger charge is -2.30. The average molecular weight is 319 g/mol. The van der Waals surface area contributed by atoms with Crippen LogP contribution in [-0.4, -0.2) is 45.2 Å². The second kappa shape index (κ2) is 7.27. The standard InChI is InChI=1S/C14H20Cl2N2O2/c1-14(13(19)20-4,17-8-9-18(2)3)10-6-5-7-11(15)12(10)16/h5-7,17H,8-9H2,1-4H3. The molecule has 0 aromatic heterocycles. The number of carbonyl (C=O) groups is 1. The first-order valence-corrected chi connectivity index (χ1v) is 7.01. The first-order chi connectivity index (χ1) is 9.32. The highest BCUT2D eigenvalue weighted by molar-refractivity contribution is 6.42. The van der Waals surface area contributed by atoms with Crippen molar-refractivity contribution >= 4 is 29.2 Å². The predicted molar refractivity (Wildman–Crippen MR) is 82.4 cm³/mol. The number of likely N-dealkylation sites (N-methyl/N-ethyl adjacent to an activating group) is 1. The summed E-state index contributed by atoms with van der Waals surface area (Å²) in [5.74, 6) is -0.402. The Morgan fingerprint density at radius 3 is 2.60 bits per heavy atom. The van der Waals surface area contributed by atoms with Crippen LogP contribution in [0.4, 0.5) is 0 Å². The Balaban J connectivity index is 3.10. The van der Waals surface area contributed by atoms with Crippen molar-refractivity contribution in [1.29, 1.82) is 0 Å². The Labute approximate surface area is 130 Å². The van der Waals surface area contributed by atoms with Gasteiger partial charge in [-0.15, -0.1) is 0 Å². The van der Waals surface area contributed by atoms with E-state index >= 15 is 0 Å². The third-order valence-electron chi connectivity index (χ3n) is 3.12. The number of benzene rings is 1. The van der Waals surface area contributed by atoms with Crippen LogP contribution in [0.3, 0.4) is 0 Å². The lowest BCUT2D eigenvalue weighted by atomic mass is 9.91. The van der Waals surface area contributed by atoms with Gasteiger partial charge in [0.25, 0.3) is 0 Å². The van der Waals surface area contributed by atoms with Crippen LogP contribution in [0.1, 0.15) is 12.5 Å². The molecule has 0 amide bonds. The molecule has 1 atom stereocenters. The number of methoxy groups -OCH3 is 1. The SMILES string of the molecule is COC(=O)C(C)(NCCN(C)C)c1cccc(Cl)c1Cl. The lowest BCUT2D eigenvalue weighted by molar-refractivity contribution is -0.148. The molecule has 0 aliphatic carbocycles. The molecule has 0 saturated carbocycles. The summed E-state index contributed by atoms with van der Waals surface area (Å²) in [5.41, 5.74) is -0.426. The zero-order chi connectivity index (χ0) is 15.3. The number of rotatable bonds is 6. The van der Waals surface area contributed by atoms with Crippen LogP contribution >= 0.6 is 23.2 Å². The van der Waals surface area contributed by atoms with Gasteiger partial charge in [0.15, 0.2) is 0 Å². The van der Waals surface area contributed by atoms with Crippen molar-refractivity contribution in [3.63, 3.8) is 0 Å². The summed E-state index contributed by atoms with van der Waals surface area (Å²) in [6.45, 7) is 3.14. The summed E-state index contributed by atoms with van der Waals surface area (Å²) in [5, 5.41) is 3.97. The van der Waals surface area contributed by atoms with Crippen molar-refractivity contribution in [2.75, 3.05) is 34.3 Å². The molecular weight excluding hydrogens is 299 g/mol. The Morgan fingerprint density at radius 2 is 2.05 bits per heavy atom. The molecule has 0 bridgehead atoms. The highest BCUT2D eigenvalue weighted by Crippen LogP contribution is 2.33. The van der Waals surface area contributed by atoms with Gasteiger partial charge < -0.3 is 9.64 Å². The van der Waals surface area contributed by atoms with Crippen LogP contribution < -0.4 is 5.32 Å². The van der Waals surface area contributed by atoms with Crippen LogP contribution in [0.5, 0.6) is 0 Å². The van der Waals surface area contributed by atoms with Crippen LogP contribution in [0.25, 0.3) is 0 Å². The molecule has 6 heteroatoms. The maximum atomic E-state index is 12.2. The minimum absolute atomic E-state index is 0.361. The fourth-order valence-electron chi connectivity index (χ4n) is 1.90.